The maximum Gasteiger partial charge on any atom is 0.326 e. The normalized spacial score (nSPS) is 18.8. The van der Waals surface area contributed by atoms with E-state index >= 15 is 0 Å². The van der Waals surface area contributed by atoms with Crippen LogP contribution in [0, 0.1) is 12.8 Å². The Hall–Kier alpha value is -2.37. The molecular formula is C17H22N2O4. The van der Waals surface area contributed by atoms with E-state index in [2.05, 4.69) is 5.32 Å². The lowest BCUT2D eigenvalue weighted by molar-refractivity contribution is -0.142. The molecule has 6 nitrogen and oxygen atoms in total. The van der Waals surface area contributed by atoms with Gasteiger partial charge < -0.3 is 15.3 Å². The molecule has 0 bridgehead atoms. The first-order valence-corrected chi connectivity index (χ1v) is 7.77. The Bertz CT molecular complexity index is 597. The lowest BCUT2D eigenvalue weighted by Crippen LogP contribution is -2.43. The minimum atomic E-state index is -1.05. The molecule has 2 N–H and O–H groups in total. The Morgan fingerprint density at radius 2 is 2.00 bits per heavy atom. The third-order valence-corrected chi connectivity index (χ3v) is 4.10. The first-order valence-electron chi connectivity index (χ1n) is 7.77. The van der Waals surface area contributed by atoms with E-state index < -0.39 is 17.9 Å². The number of aliphatic carboxylic acids is 1. The van der Waals surface area contributed by atoms with E-state index in [1.165, 1.54) is 0 Å². The number of aryl methyl sites for hydroxylation is 1. The van der Waals surface area contributed by atoms with Crippen molar-refractivity contribution < 1.29 is 19.5 Å². The molecule has 1 aromatic rings. The van der Waals surface area contributed by atoms with E-state index in [1.54, 1.807) is 11.8 Å². The predicted octanol–water partition coefficient (Wildman–Crippen LogP) is 1.32. The Labute approximate surface area is 135 Å². The summed E-state index contributed by atoms with van der Waals surface area (Å²) in [5.41, 5.74) is 2.17. The van der Waals surface area contributed by atoms with Crippen LogP contribution in [-0.2, 0) is 20.9 Å². The zero-order valence-electron chi connectivity index (χ0n) is 13.4. The predicted molar refractivity (Wildman–Crippen MR) is 84.6 cm³/mol. The molecule has 1 aliphatic heterocycles. The lowest BCUT2D eigenvalue weighted by Gasteiger charge is -2.18. The topological polar surface area (TPSA) is 86.7 Å². The van der Waals surface area contributed by atoms with Gasteiger partial charge in [-0.2, -0.15) is 0 Å². The second-order valence-corrected chi connectivity index (χ2v) is 5.97. The molecule has 1 heterocycles. The Morgan fingerprint density at radius 3 is 2.57 bits per heavy atom. The van der Waals surface area contributed by atoms with Crippen LogP contribution in [0.25, 0.3) is 0 Å². The van der Waals surface area contributed by atoms with Gasteiger partial charge in [-0.15, -0.1) is 0 Å². The second kappa shape index (κ2) is 7.26. The molecule has 23 heavy (non-hydrogen) atoms. The van der Waals surface area contributed by atoms with Crippen molar-refractivity contribution in [3.63, 3.8) is 0 Å². The Kier molecular flexibility index (Phi) is 5.36. The summed E-state index contributed by atoms with van der Waals surface area (Å²) < 4.78 is 0. The second-order valence-electron chi connectivity index (χ2n) is 5.97. The van der Waals surface area contributed by atoms with Gasteiger partial charge in [0.1, 0.15) is 6.04 Å². The van der Waals surface area contributed by atoms with Crippen molar-refractivity contribution >= 4 is 17.8 Å². The SMILES string of the molecule is CCC(NC(=O)C1CC(=O)N(Cc2ccc(C)cc2)C1)C(=O)O. The van der Waals surface area contributed by atoms with Crippen LogP contribution in [0.2, 0.25) is 0 Å². The highest BCUT2D eigenvalue weighted by Crippen LogP contribution is 2.21. The minimum Gasteiger partial charge on any atom is -0.480 e. The number of rotatable bonds is 6. The average molecular weight is 318 g/mol. The van der Waals surface area contributed by atoms with Gasteiger partial charge in [0.2, 0.25) is 11.8 Å². The molecule has 2 rings (SSSR count). The standard InChI is InChI=1S/C17H22N2O4/c1-3-14(17(22)23)18-16(21)13-8-15(20)19(10-13)9-12-6-4-11(2)5-7-12/h4-7,13-14H,3,8-10H2,1-2H3,(H,18,21)(H,22,23). The van der Waals surface area contributed by atoms with Crippen LogP contribution in [-0.4, -0.2) is 40.4 Å². The number of hydrogen-bond acceptors (Lipinski definition) is 3. The number of hydrogen-bond donors (Lipinski definition) is 2. The smallest absolute Gasteiger partial charge is 0.326 e. The van der Waals surface area contributed by atoms with Crippen molar-refractivity contribution in [1.29, 1.82) is 0 Å². The summed E-state index contributed by atoms with van der Waals surface area (Å²) in [5, 5.41) is 11.5. The maximum absolute atomic E-state index is 12.2. The summed E-state index contributed by atoms with van der Waals surface area (Å²) >= 11 is 0. The van der Waals surface area contributed by atoms with E-state index in [1.807, 2.05) is 31.2 Å². The molecule has 0 saturated carbocycles. The number of nitrogens with zero attached hydrogens (tertiary/aromatic N) is 1. The highest BCUT2D eigenvalue weighted by Gasteiger charge is 2.35. The van der Waals surface area contributed by atoms with Crippen LogP contribution in [0.4, 0.5) is 0 Å². The third kappa shape index (κ3) is 4.31. The zero-order valence-corrected chi connectivity index (χ0v) is 13.4. The molecule has 6 heteroatoms. The largest absolute Gasteiger partial charge is 0.480 e. The van der Waals surface area contributed by atoms with Crippen LogP contribution in [0.1, 0.15) is 30.9 Å². The van der Waals surface area contributed by atoms with Gasteiger partial charge in [-0.1, -0.05) is 36.8 Å². The van der Waals surface area contributed by atoms with E-state index in [0.717, 1.165) is 11.1 Å². The minimum absolute atomic E-state index is 0.0749. The summed E-state index contributed by atoms with van der Waals surface area (Å²) in [6.07, 6.45) is 0.447. The first kappa shape index (κ1) is 17.0. The highest BCUT2D eigenvalue weighted by molar-refractivity contribution is 5.91. The lowest BCUT2D eigenvalue weighted by atomic mass is 10.1. The van der Waals surface area contributed by atoms with Crippen molar-refractivity contribution in [2.24, 2.45) is 5.92 Å². The fourth-order valence-electron chi connectivity index (χ4n) is 2.64. The van der Waals surface area contributed by atoms with Crippen LogP contribution < -0.4 is 5.32 Å². The third-order valence-electron chi connectivity index (χ3n) is 4.10. The van der Waals surface area contributed by atoms with E-state index in [-0.39, 0.29) is 18.2 Å². The molecule has 0 spiro atoms. The van der Waals surface area contributed by atoms with Gasteiger partial charge >= 0.3 is 5.97 Å². The van der Waals surface area contributed by atoms with Gasteiger partial charge in [-0.05, 0) is 18.9 Å². The van der Waals surface area contributed by atoms with Gasteiger partial charge in [-0.3, -0.25) is 9.59 Å². The Balaban J connectivity index is 1.95. The first-order chi connectivity index (χ1) is 10.9. The van der Waals surface area contributed by atoms with Gasteiger partial charge in [-0.25, -0.2) is 4.79 Å². The molecular weight excluding hydrogens is 296 g/mol. The molecule has 124 valence electrons. The molecule has 1 aliphatic rings. The average Bonchev–Trinajstić information content (AvgIpc) is 2.87. The van der Waals surface area contributed by atoms with Crippen molar-refractivity contribution in [2.75, 3.05) is 6.54 Å². The molecule has 1 saturated heterocycles. The molecule has 2 unspecified atom stereocenters. The molecule has 2 atom stereocenters. The number of likely N-dealkylation sites (tertiary alicyclic amines) is 1. The van der Waals surface area contributed by atoms with Crippen molar-refractivity contribution in [3.8, 4) is 0 Å². The van der Waals surface area contributed by atoms with Gasteiger partial charge in [0.25, 0.3) is 0 Å². The van der Waals surface area contributed by atoms with Crippen LogP contribution >= 0.6 is 0 Å². The highest BCUT2D eigenvalue weighted by atomic mass is 16.4. The number of benzene rings is 1. The summed E-state index contributed by atoms with van der Waals surface area (Å²) in [5.74, 6) is -1.98. The van der Waals surface area contributed by atoms with E-state index in [4.69, 9.17) is 5.11 Å². The fourth-order valence-corrected chi connectivity index (χ4v) is 2.64. The van der Waals surface area contributed by atoms with Crippen molar-refractivity contribution in [1.82, 2.24) is 10.2 Å². The van der Waals surface area contributed by atoms with Gasteiger partial charge in [0.05, 0.1) is 5.92 Å². The molecule has 2 amide bonds. The summed E-state index contributed by atoms with van der Waals surface area (Å²) in [6.45, 7) is 4.49. The Morgan fingerprint density at radius 1 is 1.35 bits per heavy atom. The van der Waals surface area contributed by atoms with E-state index in [0.29, 0.717) is 19.5 Å². The zero-order chi connectivity index (χ0) is 17.0. The van der Waals surface area contributed by atoms with Gasteiger partial charge in [0.15, 0.2) is 0 Å². The number of nitrogens with one attached hydrogen (secondary N) is 1. The molecule has 1 aromatic carbocycles. The van der Waals surface area contributed by atoms with Crippen LogP contribution in [0.3, 0.4) is 0 Å². The van der Waals surface area contributed by atoms with Gasteiger partial charge in [0, 0.05) is 19.5 Å². The molecule has 0 radical (unpaired) electrons. The number of carbonyl (C=O) groups is 3. The number of amides is 2. The number of carboxylic acid groups (broad SMARTS) is 1. The molecule has 0 aromatic heterocycles. The monoisotopic (exact) mass is 318 g/mol. The molecule has 1 fully saturated rings. The summed E-state index contributed by atoms with van der Waals surface area (Å²) in [6, 6.07) is 7.00. The van der Waals surface area contributed by atoms with Crippen molar-refractivity contribution in [3.05, 3.63) is 35.4 Å². The quantitative estimate of drug-likeness (QED) is 0.828. The van der Waals surface area contributed by atoms with Crippen LogP contribution in [0.15, 0.2) is 24.3 Å². The van der Waals surface area contributed by atoms with Crippen molar-refractivity contribution in [2.45, 2.75) is 39.3 Å². The number of carboxylic acids is 1. The number of carbonyl (C=O) groups excluding carboxylic acids is 2. The van der Waals surface area contributed by atoms with Crippen LogP contribution in [0.5, 0.6) is 0 Å². The summed E-state index contributed by atoms with van der Waals surface area (Å²) in [4.78, 5) is 36.9. The maximum atomic E-state index is 12.2. The fraction of sp³-hybridized carbons (Fsp3) is 0.471. The van der Waals surface area contributed by atoms with E-state index in [9.17, 15) is 14.4 Å². The molecule has 0 aliphatic carbocycles. The summed E-state index contributed by atoms with van der Waals surface area (Å²) in [7, 11) is 0.